The summed E-state index contributed by atoms with van der Waals surface area (Å²) in [5.74, 6) is -0.884. The van der Waals surface area contributed by atoms with Gasteiger partial charge in [-0.15, -0.1) is 0 Å². The SMILES string of the molecule is O=S(=O)(O)c1cccc(Nc2nc(Cl)nc(Nc3cc(/C=C/c4cc(Nc5nc(Cl)nc(Nc6cccc(S(=O)(=O)O)c6)n5)cc(S(=O)(=O)O)c4)cc(S(=O)(=O)O)c3)n2)c1. The molecule has 0 unspecified atom stereocenters. The van der Waals surface area contributed by atoms with Gasteiger partial charge in [-0.1, -0.05) is 24.3 Å². The average molecular weight is 940 g/mol. The molecule has 0 aliphatic carbocycles. The summed E-state index contributed by atoms with van der Waals surface area (Å²) in [6.07, 6.45) is 2.65. The van der Waals surface area contributed by atoms with Crippen LogP contribution in [0.15, 0.2) is 105 Å². The summed E-state index contributed by atoms with van der Waals surface area (Å²) in [5, 5.41) is 10.2. The fourth-order valence-corrected chi connectivity index (χ4v) is 7.47. The highest BCUT2D eigenvalue weighted by Crippen LogP contribution is 2.28. The molecule has 2 aromatic heterocycles. The van der Waals surface area contributed by atoms with Crippen molar-refractivity contribution in [3.8, 4) is 0 Å². The minimum Gasteiger partial charge on any atom is -0.324 e. The molecule has 6 aromatic rings. The smallest absolute Gasteiger partial charge is 0.294 e. The molecule has 60 heavy (non-hydrogen) atoms. The van der Waals surface area contributed by atoms with Crippen molar-refractivity contribution in [2.24, 2.45) is 0 Å². The Morgan fingerprint density at radius 2 is 0.700 bits per heavy atom. The predicted molar refractivity (Wildman–Crippen MR) is 217 cm³/mol. The number of halogens is 2. The highest BCUT2D eigenvalue weighted by atomic mass is 35.5. The fourth-order valence-electron chi connectivity index (χ4n) is 4.98. The number of nitrogens with one attached hydrogen (secondary N) is 4. The van der Waals surface area contributed by atoms with Gasteiger partial charge in [0.05, 0.1) is 19.6 Å². The highest BCUT2D eigenvalue weighted by molar-refractivity contribution is 7.86. The van der Waals surface area contributed by atoms with Crippen LogP contribution >= 0.6 is 23.2 Å². The maximum atomic E-state index is 12.3. The van der Waals surface area contributed by atoms with E-state index in [1.807, 2.05) is 0 Å². The molecular weight excluding hydrogens is 916 g/mol. The first-order valence-electron chi connectivity index (χ1n) is 16.0. The molecule has 0 spiro atoms. The maximum absolute atomic E-state index is 12.3. The summed E-state index contributed by atoms with van der Waals surface area (Å²) in [6.45, 7) is 0. The summed E-state index contributed by atoms with van der Waals surface area (Å²) < 4.78 is 134. The molecule has 4 aromatic carbocycles. The van der Waals surface area contributed by atoms with Crippen molar-refractivity contribution >= 4 is 122 Å². The minimum absolute atomic E-state index is 0.0127. The van der Waals surface area contributed by atoms with Crippen molar-refractivity contribution < 1.29 is 51.9 Å². The molecule has 2 heterocycles. The number of benzene rings is 4. The van der Waals surface area contributed by atoms with Gasteiger partial charge in [0.1, 0.15) is 0 Å². The summed E-state index contributed by atoms with van der Waals surface area (Å²) >= 11 is 12.2. The molecule has 0 aliphatic heterocycles. The van der Waals surface area contributed by atoms with Gasteiger partial charge in [-0.25, -0.2) is 0 Å². The quantitative estimate of drug-likeness (QED) is 0.0494. The molecule has 8 N–H and O–H groups in total. The standard InChI is InChI=1S/C32H24Cl2N10O12S4/c33-27-39-29(35-19-3-1-5-23(13-19)57(45,46)47)43-31(41-27)37-21-9-17(11-25(15-21)59(51,52)53)7-8-18-10-22(16-26(12-18)60(54,55)56)38-32-42-28(34)40-30(44-32)36-20-4-2-6-24(14-20)58(48,49)50/h1-16H,(H,45,46,47)(H,48,49,50)(H,51,52,53)(H,54,55,56)(H2,35,37,39,41,43)(H2,36,38,40,42,44)/b8-7+. The minimum atomic E-state index is -4.83. The van der Waals surface area contributed by atoms with Crippen molar-refractivity contribution in [1.82, 2.24) is 29.9 Å². The molecule has 0 bridgehead atoms. The first-order chi connectivity index (χ1) is 28.0. The monoisotopic (exact) mass is 938 g/mol. The lowest BCUT2D eigenvalue weighted by Crippen LogP contribution is -2.06. The Morgan fingerprint density at radius 3 is 1.02 bits per heavy atom. The number of aromatic nitrogens is 6. The number of hydrogen-bond acceptors (Lipinski definition) is 18. The van der Waals surface area contributed by atoms with Crippen LogP contribution in [-0.4, -0.2) is 81.8 Å². The summed E-state index contributed by atoms with van der Waals surface area (Å²) in [4.78, 5) is 22.0. The van der Waals surface area contributed by atoms with E-state index < -0.39 is 60.1 Å². The second-order valence-electron chi connectivity index (χ2n) is 11.9. The van der Waals surface area contributed by atoms with E-state index in [4.69, 9.17) is 23.2 Å². The highest BCUT2D eigenvalue weighted by Gasteiger charge is 2.17. The van der Waals surface area contributed by atoms with E-state index in [0.29, 0.717) is 0 Å². The zero-order valence-electron chi connectivity index (χ0n) is 29.4. The van der Waals surface area contributed by atoms with Gasteiger partial charge in [0.15, 0.2) is 0 Å². The number of nitrogens with zero attached hydrogens (tertiary/aromatic N) is 6. The first kappa shape index (κ1) is 43.6. The maximum Gasteiger partial charge on any atom is 0.294 e. The molecule has 0 saturated carbocycles. The van der Waals surface area contributed by atoms with E-state index in [-0.39, 0.29) is 68.2 Å². The van der Waals surface area contributed by atoms with Gasteiger partial charge in [0.25, 0.3) is 40.5 Å². The molecule has 0 fully saturated rings. The molecule has 22 nitrogen and oxygen atoms in total. The van der Waals surface area contributed by atoms with Crippen LogP contribution in [0, 0.1) is 0 Å². The molecule has 0 atom stereocenters. The second kappa shape index (κ2) is 17.0. The van der Waals surface area contributed by atoms with E-state index in [0.717, 1.165) is 48.5 Å². The lowest BCUT2D eigenvalue weighted by Gasteiger charge is -2.11. The third kappa shape index (κ3) is 11.8. The zero-order chi connectivity index (χ0) is 43.6. The lowest BCUT2D eigenvalue weighted by atomic mass is 10.1. The first-order valence-corrected chi connectivity index (χ1v) is 22.5. The fraction of sp³-hybridized carbons (Fsp3) is 0. The van der Waals surface area contributed by atoms with Crippen LogP contribution < -0.4 is 21.3 Å². The molecular formula is C32H24Cl2N10O12S4. The van der Waals surface area contributed by atoms with Gasteiger partial charge < -0.3 is 21.3 Å². The van der Waals surface area contributed by atoms with E-state index in [1.54, 1.807) is 0 Å². The second-order valence-corrected chi connectivity index (χ2v) is 18.2. The zero-order valence-corrected chi connectivity index (χ0v) is 34.1. The van der Waals surface area contributed by atoms with Crippen molar-refractivity contribution in [3.05, 3.63) is 107 Å². The average Bonchev–Trinajstić information content (AvgIpc) is 3.12. The van der Waals surface area contributed by atoms with Crippen LogP contribution in [0.2, 0.25) is 10.6 Å². The topological polar surface area (TPSA) is 343 Å². The molecule has 0 saturated heterocycles. The third-order valence-corrected chi connectivity index (χ3v) is 11.1. The molecule has 0 amide bonds. The normalized spacial score (nSPS) is 12.3. The predicted octanol–water partition coefficient (Wildman–Crippen LogP) is 5.50. The van der Waals surface area contributed by atoms with Crippen LogP contribution in [0.1, 0.15) is 11.1 Å². The Labute approximate surface area is 349 Å². The van der Waals surface area contributed by atoms with Crippen molar-refractivity contribution in [2.45, 2.75) is 19.6 Å². The number of anilines is 8. The third-order valence-electron chi connectivity index (χ3n) is 7.43. The van der Waals surface area contributed by atoms with Gasteiger partial charge in [0.2, 0.25) is 34.4 Å². The lowest BCUT2D eigenvalue weighted by molar-refractivity contribution is 0.481. The largest absolute Gasteiger partial charge is 0.324 e. The Kier molecular flexibility index (Phi) is 12.3. The number of hydrogen-bond donors (Lipinski definition) is 8. The number of rotatable bonds is 14. The van der Waals surface area contributed by atoms with Crippen LogP contribution in [0.25, 0.3) is 12.2 Å². The van der Waals surface area contributed by atoms with E-state index in [2.05, 4.69) is 51.2 Å². The van der Waals surface area contributed by atoms with Crippen LogP contribution in [0.3, 0.4) is 0 Å². The Balaban J connectivity index is 1.29. The summed E-state index contributed by atoms with van der Waals surface area (Å²) in [6, 6.07) is 17.0. The van der Waals surface area contributed by atoms with Gasteiger partial charge in [0, 0.05) is 22.7 Å². The van der Waals surface area contributed by atoms with Crippen LogP contribution in [0.4, 0.5) is 46.5 Å². The van der Waals surface area contributed by atoms with Gasteiger partial charge in [-0.05, 0) is 107 Å². The van der Waals surface area contributed by atoms with E-state index in [9.17, 15) is 51.9 Å². The summed E-state index contributed by atoms with van der Waals surface area (Å²) in [5.41, 5.74) is 0.464. The Bertz CT molecular complexity index is 2950. The van der Waals surface area contributed by atoms with E-state index >= 15 is 0 Å². The van der Waals surface area contributed by atoms with Gasteiger partial charge >= 0.3 is 0 Å². The molecule has 6 rings (SSSR count). The molecule has 0 aliphatic rings. The van der Waals surface area contributed by atoms with Crippen LogP contribution in [0.5, 0.6) is 0 Å². The van der Waals surface area contributed by atoms with Crippen LogP contribution in [-0.2, 0) is 40.5 Å². The van der Waals surface area contributed by atoms with Gasteiger partial charge in [-0.3, -0.25) is 18.2 Å². The Hall–Kier alpha value is -5.94. The molecule has 28 heteroatoms. The molecule has 0 radical (unpaired) electrons. The van der Waals surface area contributed by atoms with Crippen molar-refractivity contribution in [2.75, 3.05) is 21.3 Å². The van der Waals surface area contributed by atoms with Gasteiger partial charge in [-0.2, -0.15) is 63.6 Å². The Morgan fingerprint density at radius 1 is 0.400 bits per heavy atom. The van der Waals surface area contributed by atoms with E-state index in [1.165, 1.54) is 48.6 Å². The van der Waals surface area contributed by atoms with Crippen molar-refractivity contribution in [1.29, 1.82) is 0 Å². The molecule has 312 valence electrons. The van der Waals surface area contributed by atoms with Crippen molar-refractivity contribution in [3.63, 3.8) is 0 Å². The summed E-state index contributed by atoms with van der Waals surface area (Å²) in [7, 11) is -18.7.